The Kier molecular flexibility index (Phi) is 6.89. The summed E-state index contributed by atoms with van der Waals surface area (Å²) in [6.45, 7) is 0.333. The molecule has 0 aliphatic heterocycles. The molecule has 0 radical (unpaired) electrons. The van der Waals surface area contributed by atoms with Gasteiger partial charge in [-0.15, -0.1) is 11.8 Å². The highest BCUT2D eigenvalue weighted by atomic mass is 35.5. The van der Waals surface area contributed by atoms with Crippen LogP contribution in [0.4, 0.5) is 0 Å². The summed E-state index contributed by atoms with van der Waals surface area (Å²) in [6.07, 6.45) is 0.479. The van der Waals surface area contributed by atoms with Crippen LogP contribution in [-0.2, 0) is 4.79 Å². The van der Waals surface area contributed by atoms with Gasteiger partial charge in [-0.05, 0) is 24.3 Å². The topological polar surface area (TPSA) is 29.1 Å². The molecule has 1 amide bonds. The molecule has 0 aromatic heterocycles. The van der Waals surface area contributed by atoms with E-state index in [1.165, 1.54) is 4.90 Å². The first kappa shape index (κ1) is 16.5. The van der Waals surface area contributed by atoms with Gasteiger partial charge in [-0.3, -0.25) is 4.79 Å². The molecule has 0 fully saturated rings. The normalized spacial score (nSPS) is 9.68. The van der Waals surface area contributed by atoms with E-state index >= 15 is 0 Å². The van der Waals surface area contributed by atoms with Gasteiger partial charge in [-0.2, -0.15) is 0 Å². The molecule has 0 aliphatic carbocycles. The third-order valence-electron chi connectivity index (χ3n) is 2.81. The lowest BCUT2D eigenvalue weighted by atomic mass is 10.2. The van der Waals surface area contributed by atoms with Crippen LogP contribution in [0.25, 0.3) is 0 Å². The molecule has 2 aromatic rings. The number of halogens is 1. The molecule has 0 aliphatic rings. The fourth-order valence-corrected chi connectivity index (χ4v) is 2.77. The zero-order valence-corrected chi connectivity index (χ0v) is 13.6. The SMILES string of the molecule is O=C(CCSc1ccccc1)NCC#Cc1ccccc1Cl. The maximum absolute atomic E-state index is 11.7. The fraction of sp³-hybridized carbons (Fsp3) is 0.167. The molecule has 0 spiro atoms. The van der Waals surface area contributed by atoms with Crippen LogP contribution < -0.4 is 5.32 Å². The molecule has 0 atom stereocenters. The third kappa shape index (κ3) is 5.85. The molecule has 0 bridgehead atoms. The van der Waals surface area contributed by atoms with Gasteiger partial charge in [0.2, 0.25) is 5.91 Å². The summed E-state index contributed by atoms with van der Waals surface area (Å²) < 4.78 is 0. The summed E-state index contributed by atoms with van der Waals surface area (Å²) in [5, 5.41) is 3.42. The van der Waals surface area contributed by atoms with Crippen LogP contribution in [0.15, 0.2) is 59.5 Å². The number of hydrogen-bond acceptors (Lipinski definition) is 2. The van der Waals surface area contributed by atoms with Crippen molar-refractivity contribution in [3.63, 3.8) is 0 Å². The van der Waals surface area contributed by atoms with Crippen LogP contribution in [0, 0.1) is 11.8 Å². The average molecular weight is 330 g/mol. The maximum atomic E-state index is 11.7. The van der Waals surface area contributed by atoms with Gasteiger partial charge in [0.15, 0.2) is 0 Å². The lowest BCUT2D eigenvalue weighted by Gasteiger charge is -2.02. The second kappa shape index (κ2) is 9.19. The van der Waals surface area contributed by atoms with Gasteiger partial charge < -0.3 is 5.32 Å². The number of carbonyl (C=O) groups excluding carboxylic acids is 1. The zero-order valence-electron chi connectivity index (χ0n) is 12.0. The van der Waals surface area contributed by atoms with Crippen LogP contribution in [0.3, 0.4) is 0 Å². The summed E-state index contributed by atoms with van der Waals surface area (Å²) in [7, 11) is 0. The highest BCUT2D eigenvalue weighted by Crippen LogP contribution is 2.17. The van der Waals surface area contributed by atoms with Gasteiger partial charge in [-0.25, -0.2) is 0 Å². The molecule has 0 heterocycles. The van der Waals surface area contributed by atoms with Crippen LogP contribution in [0.2, 0.25) is 5.02 Å². The number of carbonyl (C=O) groups is 1. The summed E-state index contributed by atoms with van der Waals surface area (Å²) >= 11 is 7.67. The van der Waals surface area contributed by atoms with Crippen LogP contribution >= 0.6 is 23.4 Å². The Hall–Kier alpha value is -1.89. The summed E-state index contributed by atoms with van der Waals surface area (Å²) in [4.78, 5) is 12.9. The van der Waals surface area contributed by atoms with E-state index in [-0.39, 0.29) is 5.91 Å². The molecule has 0 saturated heterocycles. The Labute approximate surface area is 140 Å². The summed E-state index contributed by atoms with van der Waals surface area (Å²) in [5.41, 5.74) is 0.776. The molecular weight excluding hydrogens is 314 g/mol. The minimum Gasteiger partial charge on any atom is -0.345 e. The number of benzene rings is 2. The highest BCUT2D eigenvalue weighted by molar-refractivity contribution is 7.99. The quantitative estimate of drug-likeness (QED) is 0.664. The molecular formula is C18H16ClNOS. The van der Waals surface area contributed by atoms with E-state index < -0.39 is 0 Å². The predicted octanol–water partition coefficient (Wildman–Crippen LogP) is 3.99. The molecule has 0 unspecified atom stereocenters. The van der Waals surface area contributed by atoms with Crippen LogP contribution in [-0.4, -0.2) is 18.2 Å². The second-order valence-electron chi connectivity index (χ2n) is 4.47. The van der Waals surface area contributed by atoms with Crippen molar-refractivity contribution >= 4 is 29.3 Å². The first-order valence-electron chi connectivity index (χ1n) is 6.93. The minimum atomic E-state index is 0.0110. The number of rotatable bonds is 5. The van der Waals surface area contributed by atoms with Gasteiger partial charge in [0.05, 0.1) is 11.6 Å². The Morgan fingerprint density at radius 3 is 2.59 bits per heavy atom. The monoisotopic (exact) mass is 329 g/mol. The van der Waals surface area contributed by atoms with Crippen molar-refractivity contribution < 1.29 is 4.79 Å². The molecule has 22 heavy (non-hydrogen) atoms. The molecule has 2 rings (SSSR count). The van der Waals surface area contributed by atoms with Gasteiger partial charge >= 0.3 is 0 Å². The van der Waals surface area contributed by atoms with E-state index in [1.807, 2.05) is 48.5 Å². The largest absolute Gasteiger partial charge is 0.345 e. The van der Waals surface area contributed by atoms with Gasteiger partial charge in [-0.1, -0.05) is 53.8 Å². The first-order chi connectivity index (χ1) is 10.8. The smallest absolute Gasteiger partial charge is 0.221 e. The third-order valence-corrected chi connectivity index (χ3v) is 4.16. The summed E-state index contributed by atoms with van der Waals surface area (Å²) in [6, 6.07) is 17.4. The van der Waals surface area contributed by atoms with Crippen molar-refractivity contribution in [2.24, 2.45) is 0 Å². The average Bonchev–Trinajstić information content (AvgIpc) is 2.54. The van der Waals surface area contributed by atoms with E-state index in [2.05, 4.69) is 17.2 Å². The lowest BCUT2D eigenvalue weighted by Crippen LogP contribution is -2.23. The van der Waals surface area contributed by atoms with Crippen LogP contribution in [0.5, 0.6) is 0 Å². The van der Waals surface area contributed by atoms with Gasteiger partial charge in [0, 0.05) is 22.6 Å². The Morgan fingerprint density at radius 1 is 1.09 bits per heavy atom. The van der Waals surface area contributed by atoms with Crippen molar-refractivity contribution in [3.8, 4) is 11.8 Å². The molecule has 0 saturated carbocycles. The second-order valence-corrected chi connectivity index (χ2v) is 6.05. The van der Waals surface area contributed by atoms with Crippen molar-refractivity contribution in [1.29, 1.82) is 0 Å². The van der Waals surface area contributed by atoms with Crippen molar-refractivity contribution in [2.75, 3.05) is 12.3 Å². The Balaban J connectivity index is 1.67. The molecule has 2 nitrogen and oxygen atoms in total. The van der Waals surface area contributed by atoms with Crippen molar-refractivity contribution in [2.45, 2.75) is 11.3 Å². The van der Waals surface area contributed by atoms with Gasteiger partial charge in [0.1, 0.15) is 0 Å². The van der Waals surface area contributed by atoms with Crippen LogP contribution in [0.1, 0.15) is 12.0 Å². The minimum absolute atomic E-state index is 0.0110. The lowest BCUT2D eigenvalue weighted by molar-refractivity contribution is -0.120. The van der Waals surface area contributed by atoms with E-state index in [4.69, 9.17) is 11.6 Å². The highest BCUT2D eigenvalue weighted by Gasteiger charge is 2.00. The zero-order chi connectivity index (χ0) is 15.6. The maximum Gasteiger partial charge on any atom is 0.221 e. The number of hydrogen-bond donors (Lipinski definition) is 1. The predicted molar refractivity (Wildman–Crippen MR) is 93.1 cm³/mol. The summed E-state index contributed by atoms with van der Waals surface area (Å²) in [5.74, 6) is 6.63. The molecule has 1 N–H and O–H groups in total. The van der Waals surface area contributed by atoms with E-state index in [0.29, 0.717) is 18.0 Å². The molecule has 112 valence electrons. The van der Waals surface area contributed by atoms with E-state index in [9.17, 15) is 4.79 Å². The van der Waals surface area contributed by atoms with E-state index in [1.54, 1.807) is 17.8 Å². The number of thioether (sulfide) groups is 1. The van der Waals surface area contributed by atoms with Crippen molar-refractivity contribution in [1.82, 2.24) is 5.32 Å². The number of amides is 1. The standard InChI is InChI=1S/C18H16ClNOS/c19-17-11-5-4-7-15(17)8-6-13-20-18(21)12-14-22-16-9-2-1-3-10-16/h1-5,7,9-11H,12-14H2,(H,20,21). The van der Waals surface area contributed by atoms with Gasteiger partial charge in [0.25, 0.3) is 0 Å². The molecule has 2 aromatic carbocycles. The fourth-order valence-electron chi connectivity index (χ4n) is 1.71. The Bertz CT molecular complexity index is 676. The van der Waals surface area contributed by atoms with E-state index in [0.717, 1.165) is 11.3 Å². The number of nitrogens with one attached hydrogen (secondary N) is 1. The van der Waals surface area contributed by atoms with Crippen molar-refractivity contribution in [3.05, 3.63) is 65.2 Å². The molecule has 4 heteroatoms. The first-order valence-corrected chi connectivity index (χ1v) is 8.30. The Morgan fingerprint density at radius 2 is 1.82 bits per heavy atom.